The van der Waals surface area contributed by atoms with Crippen molar-refractivity contribution in [3.8, 4) is 6.07 Å². The molecule has 0 aliphatic rings. The number of Topliss-reactive ketones (excluding diaryl/α,β-unsaturated/α-hetero) is 1. The third-order valence-electron chi connectivity index (χ3n) is 2.94. The van der Waals surface area contributed by atoms with Crippen LogP contribution in [0.4, 0.5) is 4.79 Å². The van der Waals surface area contributed by atoms with Gasteiger partial charge in [0.15, 0.2) is 5.78 Å². The van der Waals surface area contributed by atoms with E-state index in [2.05, 4.69) is 15.6 Å². The number of aryl methyl sites for hydroxylation is 1. The highest BCUT2D eigenvalue weighted by molar-refractivity contribution is 8.00. The van der Waals surface area contributed by atoms with Crippen molar-refractivity contribution in [1.29, 1.82) is 5.26 Å². The predicted octanol–water partition coefficient (Wildman–Crippen LogP) is 2.04. The fourth-order valence-electron chi connectivity index (χ4n) is 1.77. The molecule has 0 fully saturated rings. The van der Waals surface area contributed by atoms with Gasteiger partial charge in [0.25, 0.3) is 0 Å². The Hall–Kier alpha value is -2.40. The Balaban J connectivity index is 2.69. The maximum atomic E-state index is 11.8. The lowest BCUT2D eigenvalue weighted by molar-refractivity contribution is -0.117. The van der Waals surface area contributed by atoms with Crippen LogP contribution in [0.25, 0.3) is 0 Å². The van der Waals surface area contributed by atoms with E-state index >= 15 is 0 Å². The second-order valence-electron chi connectivity index (χ2n) is 5.58. The highest BCUT2D eigenvalue weighted by Crippen LogP contribution is 2.22. The summed E-state index contributed by atoms with van der Waals surface area (Å²) in [5.74, 6) is -0.437. The first-order chi connectivity index (χ1) is 11.2. The van der Waals surface area contributed by atoms with Crippen molar-refractivity contribution < 1.29 is 14.4 Å². The number of amides is 3. The third kappa shape index (κ3) is 6.01. The molecule has 0 saturated carbocycles. The van der Waals surface area contributed by atoms with Crippen molar-refractivity contribution in [3.05, 3.63) is 22.9 Å². The van der Waals surface area contributed by atoms with Gasteiger partial charge >= 0.3 is 6.03 Å². The average Bonchev–Trinajstić information content (AvgIpc) is 2.50. The van der Waals surface area contributed by atoms with Gasteiger partial charge in [-0.15, -0.1) is 0 Å². The van der Waals surface area contributed by atoms with Crippen molar-refractivity contribution in [2.24, 2.45) is 5.92 Å². The molecule has 0 aliphatic heterocycles. The van der Waals surface area contributed by atoms with E-state index in [4.69, 9.17) is 5.26 Å². The molecule has 0 aliphatic carbocycles. The van der Waals surface area contributed by atoms with E-state index in [0.29, 0.717) is 22.8 Å². The molecule has 24 heavy (non-hydrogen) atoms. The normalized spacial score (nSPS) is 10.2. The molecule has 0 bridgehead atoms. The predicted molar refractivity (Wildman–Crippen MR) is 90.8 cm³/mol. The Labute approximate surface area is 145 Å². The number of rotatable bonds is 6. The summed E-state index contributed by atoms with van der Waals surface area (Å²) in [6, 6.07) is 2.89. The van der Waals surface area contributed by atoms with Crippen LogP contribution in [0.3, 0.4) is 0 Å². The molecular weight excluding hydrogens is 328 g/mol. The summed E-state index contributed by atoms with van der Waals surface area (Å²) in [7, 11) is 0. The fourth-order valence-corrected chi connectivity index (χ4v) is 2.57. The van der Waals surface area contributed by atoms with Crippen molar-refractivity contribution in [2.75, 3.05) is 12.3 Å². The van der Waals surface area contributed by atoms with Gasteiger partial charge in [0.05, 0.1) is 11.3 Å². The smallest absolute Gasteiger partial charge is 0.321 e. The molecular formula is C16H20N4O3S. The van der Waals surface area contributed by atoms with E-state index in [1.165, 1.54) is 13.0 Å². The first-order valence-electron chi connectivity index (χ1n) is 7.37. The number of nitrogens with one attached hydrogen (secondary N) is 2. The molecule has 1 rings (SSSR count). The summed E-state index contributed by atoms with van der Waals surface area (Å²) in [6.45, 7) is 7.43. The average molecular weight is 348 g/mol. The van der Waals surface area contributed by atoms with Crippen LogP contribution in [0, 0.1) is 24.2 Å². The molecule has 0 spiro atoms. The molecule has 1 aromatic rings. The lowest BCUT2D eigenvalue weighted by Gasteiger charge is -2.09. The molecule has 1 heterocycles. The van der Waals surface area contributed by atoms with Crippen molar-refractivity contribution in [2.45, 2.75) is 32.7 Å². The number of pyridine rings is 1. The molecule has 8 heteroatoms. The Morgan fingerprint density at radius 1 is 1.38 bits per heavy atom. The topological polar surface area (TPSA) is 112 Å². The van der Waals surface area contributed by atoms with Crippen LogP contribution in [0.1, 0.15) is 42.4 Å². The Morgan fingerprint density at radius 2 is 2.04 bits per heavy atom. The minimum Gasteiger partial charge on any atom is -0.338 e. The number of aromatic nitrogens is 1. The number of urea groups is 1. The molecule has 3 amide bonds. The second kappa shape index (κ2) is 9.03. The van der Waals surface area contributed by atoms with Gasteiger partial charge in [-0.1, -0.05) is 25.6 Å². The Bertz CT molecular complexity index is 695. The van der Waals surface area contributed by atoms with Crippen molar-refractivity contribution in [3.63, 3.8) is 0 Å². The molecule has 0 radical (unpaired) electrons. The first-order valence-corrected chi connectivity index (χ1v) is 8.36. The molecule has 1 aromatic heterocycles. The number of hydrogen-bond acceptors (Lipinski definition) is 6. The first kappa shape index (κ1) is 19.6. The lowest BCUT2D eigenvalue weighted by Crippen LogP contribution is -2.41. The summed E-state index contributed by atoms with van der Waals surface area (Å²) < 4.78 is 0. The monoisotopic (exact) mass is 348 g/mol. The van der Waals surface area contributed by atoms with Crippen LogP contribution < -0.4 is 10.6 Å². The molecule has 0 saturated heterocycles. The highest BCUT2D eigenvalue weighted by Gasteiger charge is 2.15. The zero-order valence-electron chi connectivity index (χ0n) is 14.1. The van der Waals surface area contributed by atoms with Crippen LogP contribution in [-0.4, -0.2) is 35.0 Å². The van der Waals surface area contributed by atoms with Gasteiger partial charge in [-0.3, -0.25) is 14.9 Å². The largest absolute Gasteiger partial charge is 0.338 e. The van der Waals surface area contributed by atoms with Crippen LogP contribution >= 0.6 is 11.8 Å². The van der Waals surface area contributed by atoms with Crippen LogP contribution in [0.2, 0.25) is 0 Å². The highest BCUT2D eigenvalue weighted by atomic mass is 32.2. The van der Waals surface area contributed by atoms with Gasteiger partial charge in [-0.25, -0.2) is 9.78 Å². The minimum absolute atomic E-state index is 0.0599. The number of nitriles is 1. The molecule has 0 aromatic carbocycles. The molecule has 7 nitrogen and oxygen atoms in total. The summed E-state index contributed by atoms with van der Waals surface area (Å²) in [4.78, 5) is 39.0. The Kier molecular flexibility index (Phi) is 7.39. The zero-order valence-corrected chi connectivity index (χ0v) is 14.9. The van der Waals surface area contributed by atoms with E-state index in [9.17, 15) is 14.4 Å². The maximum absolute atomic E-state index is 11.8. The lowest BCUT2D eigenvalue weighted by atomic mass is 10.1. The van der Waals surface area contributed by atoms with E-state index in [-0.39, 0.29) is 23.0 Å². The number of ketones is 1. The number of hydrogen-bond donors (Lipinski definition) is 2. The van der Waals surface area contributed by atoms with E-state index in [1.807, 2.05) is 19.9 Å². The van der Waals surface area contributed by atoms with E-state index in [0.717, 1.165) is 11.8 Å². The van der Waals surface area contributed by atoms with E-state index < -0.39 is 11.9 Å². The number of carbonyl (C=O) groups excluding carboxylic acids is 3. The van der Waals surface area contributed by atoms with Gasteiger partial charge in [0, 0.05) is 17.8 Å². The number of thioether (sulfide) groups is 1. The van der Waals surface area contributed by atoms with Crippen LogP contribution in [0.5, 0.6) is 0 Å². The van der Waals surface area contributed by atoms with Crippen LogP contribution in [-0.2, 0) is 4.79 Å². The standard InChI is InChI=1S/C16H20N4O3S/c1-9(2)7-18-16(23)20-14(22)8-24-15-12(6-17)5-13(11(4)21)10(3)19-15/h5,9H,7-8H2,1-4H3,(H2,18,20,22,23). The van der Waals surface area contributed by atoms with Gasteiger partial charge in [0.2, 0.25) is 5.91 Å². The summed E-state index contributed by atoms with van der Waals surface area (Å²) in [6.07, 6.45) is 0. The summed E-state index contributed by atoms with van der Waals surface area (Å²) in [5.41, 5.74) is 1.11. The third-order valence-corrected chi connectivity index (χ3v) is 3.93. The minimum atomic E-state index is -0.550. The quantitative estimate of drug-likeness (QED) is 0.601. The zero-order chi connectivity index (χ0) is 18.3. The van der Waals surface area contributed by atoms with Crippen molar-refractivity contribution >= 4 is 29.5 Å². The number of nitrogens with zero attached hydrogens (tertiary/aromatic N) is 2. The van der Waals surface area contributed by atoms with Gasteiger partial charge in [0.1, 0.15) is 11.1 Å². The molecule has 0 atom stereocenters. The molecule has 2 N–H and O–H groups in total. The van der Waals surface area contributed by atoms with E-state index in [1.54, 1.807) is 6.92 Å². The SMILES string of the molecule is CC(=O)c1cc(C#N)c(SCC(=O)NC(=O)NCC(C)C)nc1C. The molecule has 128 valence electrons. The van der Waals surface area contributed by atoms with Gasteiger partial charge in [-0.05, 0) is 25.8 Å². The summed E-state index contributed by atoms with van der Waals surface area (Å²) in [5, 5.41) is 14.3. The van der Waals surface area contributed by atoms with Crippen LogP contribution in [0.15, 0.2) is 11.1 Å². The number of carbonyl (C=O) groups is 3. The van der Waals surface area contributed by atoms with Gasteiger partial charge < -0.3 is 5.32 Å². The maximum Gasteiger partial charge on any atom is 0.321 e. The Morgan fingerprint density at radius 3 is 2.58 bits per heavy atom. The molecule has 0 unspecified atom stereocenters. The number of imide groups is 1. The second-order valence-corrected chi connectivity index (χ2v) is 6.55. The fraction of sp³-hybridized carbons (Fsp3) is 0.438. The van der Waals surface area contributed by atoms with Gasteiger partial charge in [-0.2, -0.15) is 5.26 Å². The summed E-state index contributed by atoms with van der Waals surface area (Å²) >= 11 is 1.04. The van der Waals surface area contributed by atoms with Crippen molar-refractivity contribution in [1.82, 2.24) is 15.6 Å².